The molecule has 1 aromatic heterocycles. The molecule has 2 N–H and O–H groups in total. The number of benzene rings is 1. The Hall–Kier alpha value is -2.27. The lowest BCUT2D eigenvalue weighted by molar-refractivity contribution is 0.0109. The summed E-state index contributed by atoms with van der Waals surface area (Å²) in [6, 6.07) is 6.75. The molecule has 26 heavy (non-hydrogen) atoms. The summed E-state index contributed by atoms with van der Waals surface area (Å²) in [6.45, 7) is 0.372. The van der Waals surface area contributed by atoms with Gasteiger partial charge >= 0.3 is 0 Å². The number of sulfonamides is 1. The lowest BCUT2D eigenvalue weighted by atomic mass is 10.2. The number of carbonyl (C=O) groups excluding carboxylic acids is 1. The Bertz CT molecular complexity index is 853. The van der Waals surface area contributed by atoms with Crippen molar-refractivity contribution in [3.05, 3.63) is 47.9 Å². The van der Waals surface area contributed by atoms with Crippen molar-refractivity contribution in [2.75, 3.05) is 26.4 Å². The molecule has 3 rings (SSSR count). The van der Waals surface area contributed by atoms with Gasteiger partial charge in [0.25, 0.3) is 5.91 Å². The Morgan fingerprint density at radius 2 is 2.23 bits per heavy atom. The SMILES string of the molecule is O=C(NCc1ccon1)c1cccc(S(=O)(=O)N2CCOC[C@@H]2CO)c1. The molecule has 1 atom stereocenters. The van der Waals surface area contributed by atoms with Crippen LogP contribution in [0.5, 0.6) is 0 Å². The number of carbonyl (C=O) groups is 1. The van der Waals surface area contributed by atoms with E-state index in [2.05, 4.69) is 15.0 Å². The molecule has 1 saturated heterocycles. The average Bonchev–Trinajstić information content (AvgIpc) is 3.19. The van der Waals surface area contributed by atoms with Gasteiger partial charge in [0.2, 0.25) is 10.0 Å². The summed E-state index contributed by atoms with van der Waals surface area (Å²) in [4.78, 5) is 12.3. The lowest BCUT2D eigenvalue weighted by Gasteiger charge is -2.33. The second kappa shape index (κ2) is 7.96. The zero-order valence-electron chi connectivity index (χ0n) is 13.9. The quantitative estimate of drug-likeness (QED) is 0.721. The van der Waals surface area contributed by atoms with E-state index < -0.39 is 22.0 Å². The number of aliphatic hydroxyl groups excluding tert-OH is 1. The molecule has 1 amide bonds. The molecule has 0 aliphatic carbocycles. The van der Waals surface area contributed by atoms with E-state index >= 15 is 0 Å². The van der Waals surface area contributed by atoms with Crippen molar-refractivity contribution in [2.45, 2.75) is 17.5 Å². The van der Waals surface area contributed by atoms with E-state index in [1.54, 1.807) is 6.07 Å². The van der Waals surface area contributed by atoms with Crippen LogP contribution in [0.3, 0.4) is 0 Å². The van der Waals surface area contributed by atoms with Crippen LogP contribution >= 0.6 is 0 Å². The van der Waals surface area contributed by atoms with Crippen molar-refractivity contribution in [1.82, 2.24) is 14.8 Å². The van der Waals surface area contributed by atoms with Gasteiger partial charge in [-0.15, -0.1) is 0 Å². The van der Waals surface area contributed by atoms with E-state index in [4.69, 9.17) is 4.74 Å². The molecule has 0 unspecified atom stereocenters. The Morgan fingerprint density at radius 3 is 2.96 bits per heavy atom. The zero-order chi connectivity index (χ0) is 18.6. The number of aromatic nitrogens is 1. The molecular formula is C16H19N3O6S. The van der Waals surface area contributed by atoms with Crippen molar-refractivity contribution in [1.29, 1.82) is 0 Å². The standard InChI is InChI=1S/C16H19N3O6S/c20-10-14-11-24-7-5-19(14)26(22,23)15-3-1-2-12(8-15)16(21)17-9-13-4-6-25-18-13/h1-4,6,8,14,20H,5,7,9-11H2,(H,17,21)/t14-/m0/s1. The minimum absolute atomic E-state index is 0.00747. The summed E-state index contributed by atoms with van der Waals surface area (Å²) in [6.07, 6.45) is 1.40. The Kier molecular flexibility index (Phi) is 5.67. The van der Waals surface area contributed by atoms with Gasteiger partial charge in [0.05, 0.1) is 37.3 Å². The van der Waals surface area contributed by atoms with Gasteiger partial charge < -0.3 is 19.7 Å². The number of nitrogens with zero attached hydrogens (tertiary/aromatic N) is 2. The maximum absolute atomic E-state index is 12.9. The molecule has 0 spiro atoms. The van der Waals surface area contributed by atoms with Crippen LogP contribution in [0.15, 0.2) is 46.0 Å². The van der Waals surface area contributed by atoms with Crippen molar-refractivity contribution < 1.29 is 27.6 Å². The van der Waals surface area contributed by atoms with Crippen LogP contribution in [-0.2, 0) is 21.3 Å². The Balaban J connectivity index is 1.78. The molecule has 9 nitrogen and oxygen atoms in total. The van der Waals surface area contributed by atoms with Gasteiger partial charge in [-0.05, 0) is 18.2 Å². The first kappa shape index (κ1) is 18.5. The summed E-state index contributed by atoms with van der Waals surface area (Å²) >= 11 is 0. The third-order valence-electron chi connectivity index (χ3n) is 4.01. The van der Waals surface area contributed by atoms with Crippen molar-refractivity contribution in [2.24, 2.45) is 0 Å². The smallest absolute Gasteiger partial charge is 0.251 e. The van der Waals surface area contributed by atoms with Crippen LogP contribution in [0.1, 0.15) is 16.1 Å². The molecule has 2 heterocycles. The fourth-order valence-electron chi connectivity index (χ4n) is 2.63. The number of hydrogen-bond donors (Lipinski definition) is 2. The second-order valence-corrected chi connectivity index (χ2v) is 7.62. The number of amides is 1. The third-order valence-corrected chi connectivity index (χ3v) is 5.96. The summed E-state index contributed by atoms with van der Waals surface area (Å²) in [7, 11) is -3.85. The van der Waals surface area contributed by atoms with Gasteiger partial charge in [0, 0.05) is 18.2 Å². The molecular weight excluding hydrogens is 362 g/mol. The monoisotopic (exact) mass is 381 g/mol. The summed E-state index contributed by atoms with van der Waals surface area (Å²) in [5.74, 6) is -0.425. The molecule has 0 saturated carbocycles. The highest BCUT2D eigenvalue weighted by Crippen LogP contribution is 2.21. The van der Waals surface area contributed by atoms with Crippen LogP contribution in [0.25, 0.3) is 0 Å². The van der Waals surface area contributed by atoms with E-state index in [1.807, 2.05) is 0 Å². The maximum atomic E-state index is 12.9. The summed E-state index contributed by atoms with van der Waals surface area (Å²) in [5.41, 5.74) is 0.768. The minimum Gasteiger partial charge on any atom is -0.395 e. The topological polar surface area (TPSA) is 122 Å². The van der Waals surface area contributed by atoms with Gasteiger partial charge in [0.1, 0.15) is 12.0 Å². The van der Waals surface area contributed by atoms with Gasteiger partial charge in [0.15, 0.2) is 0 Å². The molecule has 140 valence electrons. The van der Waals surface area contributed by atoms with Gasteiger partial charge in [-0.1, -0.05) is 11.2 Å². The number of morpholine rings is 1. The molecule has 1 aliphatic rings. The molecule has 10 heteroatoms. The summed E-state index contributed by atoms with van der Waals surface area (Å²) < 4.78 is 36.9. The van der Waals surface area contributed by atoms with Crippen molar-refractivity contribution in [3.8, 4) is 0 Å². The van der Waals surface area contributed by atoms with Gasteiger partial charge in [-0.25, -0.2) is 8.42 Å². The highest BCUT2D eigenvalue weighted by atomic mass is 32.2. The molecule has 1 aliphatic heterocycles. The van der Waals surface area contributed by atoms with E-state index in [0.29, 0.717) is 5.69 Å². The first-order chi connectivity index (χ1) is 12.5. The zero-order valence-corrected chi connectivity index (χ0v) is 14.7. The highest BCUT2D eigenvalue weighted by Gasteiger charge is 2.34. The van der Waals surface area contributed by atoms with Crippen LogP contribution in [0.4, 0.5) is 0 Å². The van der Waals surface area contributed by atoms with Crippen LogP contribution in [-0.4, -0.2) is 61.3 Å². The number of rotatable bonds is 6. The molecule has 1 fully saturated rings. The molecule has 0 radical (unpaired) electrons. The van der Waals surface area contributed by atoms with E-state index in [1.165, 1.54) is 34.8 Å². The van der Waals surface area contributed by atoms with Crippen LogP contribution in [0, 0.1) is 0 Å². The van der Waals surface area contributed by atoms with E-state index in [-0.39, 0.29) is 43.4 Å². The third kappa shape index (κ3) is 3.93. The second-order valence-electron chi connectivity index (χ2n) is 5.73. The fraction of sp³-hybridized carbons (Fsp3) is 0.375. The predicted molar refractivity (Wildman–Crippen MR) is 89.7 cm³/mol. The Labute approximate surface area is 150 Å². The maximum Gasteiger partial charge on any atom is 0.251 e. The highest BCUT2D eigenvalue weighted by molar-refractivity contribution is 7.89. The van der Waals surface area contributed by atoms with Crippen LogP contribution < -0.4 is 5.32 Å². The number of hydrogen-bond acceptors (Lipinski definition) is 7. The average molecular weight is 381 g/mol. The van der Waals surface area contributed by atoms with Crippen molar-refractivity contribution in [3.63, 3.8) is 0 Å². The number of nitrogens with one attached hydrogen (secondary N) is 1. The van der Waals surface area contributed by atoms with E-state index in [0.717, 1.165) is 0 Å². The van der Waals surface area contributed by atoms with Crippen LogP contribution in [0.2, 0.25) is 0 Å². The molecule has 1 aromatic carbocycles. The largest absolute Gasteiger partial charge is 0.395 e. The number of aliphatic hydroxyl groups is 1. The molecule has 2 aromatic rings. The fourth-order valence-corrected chi connectivity index (χ4v) is 4.27. The Morgan fingerprint density at radius 1 is 1.38 bits per heavy atom. The lowest BCUT2D eigenvalue weighted by Crippen LogP contribution is -2.50. The minimum atomic E-state index is -3.85. The van der Waals surface area contributed by atoms with Gasteiger partial charge in [-0.3, -0.25) is 4.79 Å². The predicted octanol–water partition coefficient (Wildman–Crippen LogP) is -0.0136. The molecule has 0 bridgehead atoms. The van der Waals surface area contributed by atoms with Crippen molar-refractivity contribution >= 4 is 15.9 Å². The first-order valence-corrected chi connectivity index (χ1v) is 9.44. The van der Waals surface area contributed by atoms with Gasteiger partial charge in [-0.2, -0.15) is 4.31 Å². The normalized spacial score (nSPS) is 18.6. The van der Waals surface area contributed by atoms with E-state index in [9.17, 15) is 18.3 Å². The number of ether oxygens (including phenoxy) is 1. The summed E-state index contributed by atoms with van der Waals surface area (Å²) in [5, 5.41) is 15.8. The first-order valence-electron chi connectivity index (χ1n) is 8.00.